The van der Waals surface area contributed by atoms with Gasteiger partial charge in [0.1, 0.15) is 23.0 Å². The first kappa shape index (κ1) is 59.3. The highest BCUT2D eigenvalue weighted by molar-refractivity contribution is 6.76. The number of aryl methyl sites for hydroxylation is 4. The number of hydrogen-bond donors (Lipinski definition) is 0. The number of rotatable bonds is 8. The first-order valence-electron chi connectivity index (χ1n) is 25.5. The summed E-state index contributed by atoms with van der Waals surface area (Å²) in [6, 6.07) is 16.8. The summed E-state index contributed by atoms with van der Waals surface area (Å²) in [5.74, 6) is 36.2. The minimum Gasteiger partial charge on any atom is -0.541 e. The van der Waals surface area contributed by atoms with Crippen molar-refractivity contribution >= 4 is 33.3 Å². The lowest BCUT2D eigenvalue weighted by molar-refractivity contribution is 0.440. The molecule has 0 unspecified atom stereocenters. The van der Waals surface area contributed by atoms with Crippen LogP contribution in [0.25, 0.3) is 0 Å². The van der Waals surface area contributed by atoms with Crippen LogP contribution in [0.1, 0.15) is 164 Å². The maximum absolute atomic E-state index is 7.11. The van der Waals surface area contributed by atoms with E-state index in [1.165, 1.54) is 22.3 Å². The summed E-state index contributed by atoms with van der Waals surface area (Å²) in [7, 11) is -9.14. The lowest BCUT2D eigenvalue weighted by Crippen LogP contribution is -2.45. The smallest absolute Gasteiger partial charge is 0.250 e. The van der Waals surface area contributed by atoms with Gasteiger partial charge >= 0.3 is 0 Å². The predicted octanol–water partition coefficient (Wildman–Crippen LogP) is 17.4. The van der Waals surface area contributed by atoms with Crippen molar-refractivity contribution in [3.63, 3.8) is 0 Å². The van der Waals surface area contributed by atoms with Crippen LogP contribution < -0.4 is 17.7 Å². The molecular weight excluding hydrogens is 945 g/mol. The molecule has 0 amide bonds. The van der Waals surface area contributed by atoms with Crippen LogP contribution in [0.3, 0.4) is 0 Å². The topological polar surface area (TPSA) is 36.9 Å². The summed E-state index contributed by atoms with van der Waals surface area (Å²) in [6.45, 7) is 57.5. The zero-order chi connectivity index (χ0) is 54.8. The van der Waals surface area contributed by atoms with Crippen LogP contribution in [0.5, 0.6) is 23.0 Å². The van der Waals surface area contributed by atoms with Crippen molar-refractivity contribution in [2.45, 2.75) is 197 Å². The van der Waals surface area contributed by atoms with Gasteiger partial charge < -0.3 is 17.7 Å². The van der Waals surface area contributed by atoms with Gasteiger partial charge in [-0.1, -0.05) is 130 Å². The molecule has 4 aromatic rings. The van der Waals surface area contributed by atoms with Crippen molar-refractivity contribution in [3.05, 3.63) is 115 Å². The molecule has 1 aliphatic rings. The Labute approximate surface area is 443 Å². The van der Waals surface area contributed by atoms with Gasteiger partial charge in [0.15, 0.2) is 0 Å². The molecule has 382 valence electrons. The van der Waals surface area contributed by atoms with Crippen LogP contribution in [-0.4, -0.2) is 33.3 Å². The van der Waals surface area contributed by atoms with Crippen LogP contribution in [0, 0.1) is 86.9 Å². The van der Waals surface area contributed by atoms with Crippen molar-refractivity contribution in [3.8, 4) is 82.2 Å². The second-order valence-corrected chi connectivity index (χ2v) is 44.5. The zero-order valence-corrected chi connectivity index (χ0v) is 53.3. The van der Waals surface area contributed by atoms with Crippen molar-refractivity contribution < 1.29 is 17.7 Å². The van der Waals surface area contributed by atoms with E-state index in [0.29, 0.717) is 0 Å². The Hall–Kier alpha value is -5.25. The number of fused-ring (bicyclic) bond motifs is 3. The normalized spacial score (nSPS) is 12.6. The van der Waals surface area contributed by atoms with Crippen LogP contribution in [0.4, 0.5) is 0 Å². The van der Waals surface area contributed by atoms with E-state index in [-0.39, 0.29) is 20.2 Å². The molecular formula is C64H86O4Si4. The minimum atomic E-state index is -2.29. The molecule has 0 heterocycles. The minimum absolute atomic E-state index is 0.0172. The summed E-state index contributed by atoms with van der Waals surface area (Å²) in [5.41, 5.74) is 11.8. The molecule has 0 fully saturated rings. The van der Waals surface area contributed by atoms with Gasteiger partial charge in [0.2, 0.25) is 0 Å². The van der Waals surface area contributed by atoms with E-state index >= 15 is 0 Å². The molecule has 4 nitrogen and oxygen atoms in total. The van der Waals surface area contributed by atoms with Crippen LogP contribution >= 0.6 is 0 Å². The van der Waals surface area contributed by atoms with E-state index in [9.17, 15) is 0 Å². The van der Waals surface area contributed by atoms with E-state index in [2.05, 4.69) is 271 Å². The van der Waals surface area contributed by atoms with Crippen LogP contribution in [0.15, 0.2) is 48.5 Å². The molecule has 4 aromatic carbocycles. The van der Waals surface area contributed by atoms with Gasteiger partial charge in [0.05, 0.1) is 0 Å². The number of benzene rings is 4. The molecule has 8 heteroatoms. The Morgan fingerprint density at radius 3 is 0.681 bits per heavy atom. The Morgan fingerprint density at radius 1 is 0.319 bits per heavy atom. The molecule has 0 N–H and O–H groups in total. The Morgan fingerprint density at radius 2 is 0.500 bits per heavy atom. The quantitative estimate of drug-likeness (QED) is 0.115. The van der Waals surface area contributed by atoms with Crippen LogP contribution in [-0.2, 0) is 0 Å². The SMILES string of the molecule is CC#Cc1cc(C)c(C)cc1C#CC.Cc1cc2c(cc1C)C#Cc1cc(O[Si](C)(C)C(C)(C)C)c(O[Si](C)(C)C(C)(C)C)cc1C#Cc1cc(O[Si](C)(C)C(C)(C)C)c(O[Si](C)(C)C(C)(C)C)cc1C#C2. The third kappa shape index (κ3) is 14.3. The fourth-order valence-corrected chi connectivity index (χ4v) is 10.3. The van der Waals surface area contributed by atoms with E-state index in [0.717, 1.165) is 67.5 Å². The second-order valence-electron chi connectivity index (χ2n) is 25.6. The first-order chi connectivity index (χ1) is 32.7. The molecule has 5 rings (SSSR count). The summed E-state index contributed by atoms with van der Waals surface area (Å²) in [6.07, 6.45) is 0. The Bertz CT molecular complexity index is 2840. The largest absolute Gasteiger partial charge is 0.541 e. The van der Waals surface area contributed by atoms with E-state index < -0.39 is 33.3 Å². The van der Waals surface area contributed by atoms with E-state index in [4.69, 9.17) is 17.7 Å². The highest BCUT2D eigenvalue weighted by Crippen LogP contribution is 2.46. The van der Waals surface area contributed by atoms with Crippen molar-refractivity contribution in [1.82, 2.24) is 0 Å². The molecule has 0 atom stereocenters. The summed E-state index contributed by atoms with van der Waals surface area (Å²) in [4.78, 5) is 0. The third-order valence-electron chi connectivity index (χ3n) is 15.6. The van der Waals surface area contributed by atoms with Gasteiger partial charge in [-0.2, -0.15) is 0 Å². The number of hydrogen-bond acceptors (Lipinski definition) is 4. The zero-order valence-electron chi connectivity index (χ0n) is 49.3. The van der Waals surface area contributed by atoms with Gasteiger partial charge in [0.25, 0.3) is 33.3 Å². The highest BCUT2D eigenvalue weighted by Gasteiger charge is 2.44. The molecule has 0 saturated heterocycles. The Kier molecular flexibility index (Phi) is 17.9. The fraction of sp³-hybridized carbons (Fsp3) is 0.469. The summed E-state index contributed by atoms with van der Waals surface area (Å²) < 4.78 is 28.4. The molecule has 1 aliphatic carbocycles. The highest BCUT2D eigenvalue weighted by atomic mass is 28.4. The third-order valence-corrected chi connectivity index (χ3v) is 33.0. The second kappa shape index (κ2) is 21.7. The average Bonchev–Trinajstić information content (AvgIpc) is 3.21. The first-order valence-corrected chi connectivity index (χ1v) is 37.1. The fourth-order valence-electron chi connectivity index (χ4n) is 6.28. The Balaban J connectivity index is 0.000000690. The molecule has 0 aromatic heterocycles. The van der Waals surface area contributed by atoms with Gasteiger partial charge in [-0.15, -0.1) is 11.8 Å². The standard InChI is InChI=1S/C50H72O4Si4.C14H14/c1-35-29-37-23-25-39-31-43(51-55(15,16)47(3,4)5)45(53-57(19,20)49(9,10)11)33-41(39)27-28-42-34-46(54-58(21,22)50(12,13)14)44(52-56(17,18)48(6,7)8)32-40(42)26-24-38(37)30-36(35)2;1-5-7-13-9-11(3)12(4)10-14(13)8-6-2/h29-34H,1-22H3;9-10H,1-4H3. The van der Waals surface area contributed by atoms with Gasteiger partial charge in [0, 0.05) is 44.5 Å². The maximum atomic E-state index is 7.11. The summed E-state index contributed by atoms with van der Waals surface area (Å²) >= 11 is 0. The average molecular weight is 1030 g/mol. The maximum Gasteiger partial charge on any atom is 0.250 e. The molecule has 0 bridgehead atoms. The predicted molar refractivity (Wildman–Crippen MR) is 319 cm³/mol. The summed E-state index contributed by atoms with van der Waals surface area (Å²) in [5, 5.41) is -0.0809. The van der Waals surface area contributed by atoms with Gasteiger partial charge in [-0.05, 0) is 185 Å². The van der Waals surface area contributed by atoms with Crippen molar-refractivity contribution in [2.75, 3.05) is 0 Å². The molecule has 72 heavy (non-hydrogen) atoms. The lowest BCUT2D eigenvalue weighted by Gasteiger charge is -2.40. The monoisotopic (exact) mass is 1030 g/mol. The molecule has 0 radical (unpaired) electrons. The lowest BCUT2D eigenvalue weighted by atomic mass is 9.98. The molecule has 0 aliphatic heterocycles. The van der Waals surface area contributed by atoms with Crippen molar-refractivity contribution in [1.29, 1.82) is 0 Å². The van der Waals surface area contributed by atoms with Crippen molar-refractivity contribution in [2.24, 2.45) is 0 Å². The van der Waals surface area contributed by atoms with Crippen LogP contribution in [0.2, 0.25) is 72.5 Å². The molecule has 0 spiro atoms. The molecule has 0 saturated carbocycles. The van der Waals surface area contributed by atoms with Gasteiger partial charge in [-0.3, -0.25) is 0 Å². The van der Waals surface area contributed by atoms with E-state index in [1.54, 1.807) is 0 Å². The van der Waals surface area contributed by atoms with E-state index in [1.807, 2.05) is 13.8 Å². The van der Waals surface area contributed by atoms with Gasteiger partial charge in [-0.25, -0.2) is 0 Å².